The molecule has 1 N–H and O–H groups in total. The topological polar surface area (TPSA) is 24.9 Å². The molecular formula is C13H24N2S. The fraction of sp³-hybridized carbons (Fsp3) is 0.769. The Morgan fingerprint density at radius 2 is 2.00 bits per heavy atom. The van der Waals surface area contributed by atoms with Gasteiger partial charge in [-0.2, -0.15) is 0 Å². The van der Waals surface area contributed by atoms with E-state index in [0.717, 1.165) is 6.54 Å². The van der Waals surface area contributed by atoms with Crippen molar-refractivity contribution < 1.29 is 0 Å². The summed E-state index contributed by atoms with van der Waals surface area (Å²) in [6, 6.07) is 0.524. The van der Waals surface area contributed by atoms with E-state index < -0.39 is 0 Å². The van der Waals surface area contributed by atoms with Gasteiger partial charge in [0.2, 0.25) is 0 Å². The molecule has 0 amide bonds. The number of hydrogen-bond donors (Lipinski definition) is 1. The summed E-state index contributed by atoms with van der Waals surface area (Å²) in [5.41, 5.74) is 0.318. The molecule has 2 nitrogen and oxygen atoms in total. The maximum Gasteiger partial charge on any atom is 0.0968 e. The van der Waals surface area contributed by atoms with E-state index in [1.807, 2.05) is 6.20 Å². The summed E-state index contributed by atoms with van der Waals surface area (Å²) in [7, 11) is 0. The Morgan fingerprint density at radius 3 is 2.44 bits per heavy atom. The highest BCUT2D eigenvalue weighted by Gasteiger charge is 2.20. The fourth-order valence-corrected chi connectivity index (χ4v) is 2.17. The summed E-state index contributed by atoms with van der Waals surface area (Å²) in [6.07, 6.45) is 1.96. The summed E-state index contributed by atoms with van der Waals surface area (Å²) < 4.78 is 0. The molecule has 0 bridgehead atoms. The van der Waals surface area contributed by atoms with Crippen molar-refractivity contribution in [1.29, 1.82) is 0 Å². The van der Waals surface area contributed by atoms with Crippen molar-refractivity contribution in [3.8, 4) is 0 Å². The molecule has 2 unspecified atom stereocenters. The normalized spacial score (nSPS) is 16.1. The Bertz CT molecular complexity index is 325. The highest BCUT2D eigenvalue weighted by Crippen LogP contribution is 2.22. The Hall–Kier alpha value is -0.410. The van der Waals surface area contributed by atoms with E-state index >= 15 is 0 Å². The Kier molecular flexibility index (Phi) is 4.51. The first kappa shape index (κ1) is 13.7. The molecule has 0 spiro atoms. The predicted molar refractivity (Wildman–Crippen MR) is 72.2 cm³/mol. The van der Waals surface area contributed by atoms with E-state index in [-0.39, 0.29) is 0 Å². The van der Waals surface area contributed by atoms with E-state index in [9.17, 15) is 0 Å². The Morgan fingerprint density at radius 1 is 1.38 bits per heavy atom. The number of hydrogen-bond acceptors (Lipinski definition) is 3. The molecule has 1 aromatic rings. The van der Waals surface area contributed by atoms with Crippen LogP contribution in [0, 0.1) is 12.3 Å². The van der Waals surface area contributed by atoms with Crippen LogP contribution in [0.25, 0.3) is 0 Å². The molecule has 1 rings (SSSR count). The van der Waals surface area contributed by atoms with Gasteiger partial charge in [-0.25, -0.2) is 4.98 Å². The molecule has 0 aliphatic rings. The van der Waals surface area contributed by atoms with Crippen LogP contribution in [-0.2, 0) is 0 Å². The number of nitrogens with one attached hydrogen (secondary N) is 1. The summed E-state index contributed by atoms with van der Waals surface area (Å²) >= 11 is 1.80. The maximum atomic E-state index is 4.43. The second kappa shape index (κ2) is 5.28. The minimum Gasteiger partial charge on any atom is -0.313 e. The van der Waals surface area contributed by atoms with Crippen molar-refractivity contribution in [3.05, 3.63) is 16.1 Å². The molecule has 2 atom stereocenters. The molecular weight excluding hydrogens is 216 g/mol. The largest absolute Gasteiger partial charge is 0.313 e. The quantitative estimate of drug-likeness (QED) is 0.870. The van der Waals surface area contributed by atoms with Gasteiger partial charge < -0.3 is 5.32 Å². The van der Waals surface area contributed by atoms with Crippen molar-refractivity contribution in [2.75, 3.05) is 6.54 Å². The van der Waals surface area contributed by atoms with Gasteiger partial charge in [-0.3, -0.25) is 0 Å². The molecule has 0 aromatic carbocycles. The van der Waals surface area contributed by atoms with Crippen molar-refractivity contribution >= 4 is 11.3 Å². The van der Waals surface area contributed by atoms with E-state index in [1.54, 1.807) is 11.3 Å². The number of rotatable bonds is 4. The molecule has 0 saturated heterocycles. The van der Waals surface area contributed by atoms with Crippen LogP contribution in [0.5, 0.6) is 0 Å². The Balaban J connectivity index is 2.44. The average molecular weight is 240 g/mol. The highest BCUT2D eigenvalue weighted by molar-refractivity contribution is 7.11. The van der Waals surface area contributed by atoms with E-state index in [0.29, 0.717) is 17.4 Å². The molecule has 1 heterocycles. The van der Waals surface area contributed by atoms with Gasteiger partial charge in [0.1, 0.15) is 0 Å². The molecule has 0 aliphatic carbocycles. The van der Waals surface area contributed by atoms with Crippen LogP contribution in [-0.4, -0.2) is 17.6 Å². The fourth-order valence-electron chi connectivity index (χ4n) is 1.35. The number of thiazole rings is 1. The van der Waals surface area contributed by atoms with E-state index in [1.165, 1.54) is 9.88 Å². The van der Waals surface area contributed by atoms with Crippen molar-refractivity contribution in [1.82, 2.24) is 10.3 Å². The van der Waals surface area contributed by atoms with Gasteiger partial charge in [-0.15, -0.1) is 11.3 Å². The summed E-state index contributed by atoms with van der Waals surface area (Å²) in [5.74, 6) is 0.503. The van der Waals surface area contributed by atoms with Gasteiger partial charge in [-0.05, 0) is 19.3 Å². The molecule has 0 fully saturated rings. The van der Waals surface area contributed by atoms with Crippen LogP contribution >= 0.6 is 11.3 Å². The van der Waals surface area contributed by atoms with Crippen molar-refractivity contribution in [2.45, 2.75) is 53.5 Å². The van der Waals surface area contributed by atoms with Crippen LogP contribution in [0.2, 0.25) is 0 Å². The van der Waals surface area contributed by atoms with Crippen LogP contribution in [0.3, 0.4) is 0 Å². The third kappa shape index (κ3) is 3.87. The Labute approximate surface area is 103 Å². The first-order valence-corrected chi connectivity index (χ1v) is 6.78. The number of nitrogens with zero attached hydrogens (tertiary/aromatic N) is 1. The molecule has 92 valence electrons. The second-order valence-corrected chi connectivity index (χ2v) is 6.97. The summed E-state index contributed by atoms with van der Waals surface area (Å²) in [6.45, 7) is 14.4. The molecule has 0 radical (unpaired) electrons. The monoisotopic (exact) mass is 240 g/mol. The molecule has 1 aromatic heterocycles. The van der Waals surface area contributed by atoms with Gasteiger partial charge in [0, 0.05) is 29.6 Å². The van der Waals surface area contributed by atoms with Gasteiger partial charge in [0.15, 0.2) is 0 Å². The first-order chi connectivity index (χ1) is 7.30. The van der Waals surface area contributed by atoms with Crippen LogP contribution in [0.1, 0.15) is 50.4 Å². The van der Waals surface area contributed by atoms with Gasteiger partial charge in [-0.1, -0.05) is 27.7 Å². The van der Waals surface area contributed by atoms with Crippen molar-refractivity contribution in [3.63, 3.8) is 0 Å². The lowest BCUT2D eigenvalue weighted by atomic mass is 9.88. The maximum absolute atomic E-state index is 4.43. The molecule has 3 heteroatoms. The van der Waals surface area contributed by atoms with Gasteiger partial charge in [0.25, 0.3) is 0 Å². The lowest BCUT2D eigenvalue weighted by Gasteiger charge is -2.29. The van der Waals surface area contributed by atoms with Crippen LogP contribution in [0.4, 0.5) is 0 Å². The minimum atomic E-state index is 0.318. The van der Waals surface area contributed by atoms with Gasteiger partial charge >= 0.3 is 0 Å². The molecule has 16 heavy (non-hydrogen) atoms. The zero-order valence-corrected chi connectivity index (χ0v) is 12.1. The lowest BCUT2D eigenvalue weighted by Crippen LogP contribution is -2.39. The SMILES string of the molecule is Cc1cnc(C(C)CNC(C)C(C)(C)C)s1. The minimum absolute atomic E-state index is 0.318. The third-order valence-corrected chi connectivity index (χ3v) is 4.23. The predicted octanol–water partition coefficient (Wildman–Crippen LogP) is 3.58. The summed E-state index contributed by atoms with van der Waals surface area (Å²) in [4.78, 5) is 5.73. The third-order valence-electron chi connectivity index (χ3n) is 3.09. The molecule has 0 aliphatic heterocycles. The zero-order valence-electron chi connectivity index (χ0n) is 11.3. The summed E-state index contributed by atoms with van der Waals surface area (Å²) in [5, 5.41) is 4.84. The number of aryl methyl sites for hydroxylation is 1. The average Bonchev–Trinajstić information content (AvgIpc) is 2.59. The zero-order chi connectivity index (χ0) is 12.3. The van der Waals surface area contributed by atoms with E-state index in [2.05, 4.69) is 51.8 Å². The smallest absolute Gasteiger partial charge is 0.0968 e. The highest BCUT2D eigenvalue weighted by atomic mass is 32.1. The second-order valence-electron chi connectivity index (χ2n) is 5.71. The molecule has 0 saturated carbocycles. The van der Waals surface area contributed by atoms with Crippen LogP contribution < -0.4 is 5.32 Å². The standard InChI is InChI=1S/C13H24N2S/c1-9(12-15-8-10(2)16-12)7-14-11(3)13(4,5)6/h8-9,11,14H,7H2,1-6H3. The lowest BCUT2D eigenvalue weighted by molar-refractivity contribution is 0.283. The van der Waals surface area contributed by atoms with E-state index in [4.69, 9.17) is 0 Å². The van der Waals surface area contributed by atoms with Crippen LogP contribution in [0.15, 0.2) is 6.20 Å². The van der Waals surface area contributed by atoms with Gasteiger partial charge in [0.05, 0.1) is 5.01 Å². The first-order valence-electron chi connectivity index (χ1n) is 5.96. The van der Waals surface area contributed by atoms with Crippen molar-refractivity contribution in [2.24, 2.45) is 5.41 Å². The number of aromatic nitrogens is 1.